The van der Waals surface area contributed by atoms with Crippen molar-refractivity contribution in [1.82, 2.24) is 4.98 Å². The lowest BCUT2D eigenvalue weighted by atomic mass is 10.1. The first-order valence-electron chi connectivity index (χ1n) is 5.70. The summed E-state index contributed by atoms with van der Waals surface area (Å²) in [5, 5.41) is 0. The van der Waals surface area contributed by atoms with E-state index in [9.17, 15) is 4.79 Å². The Labute approximate surface area is 112 Å². The predicted molar refractivity (Wildman–Crippen MR) is 74.2 cm³/mol. The number of aromatic nitrogens is 1. The van der Waals surface area contributed by atoms with Crippen LogP contribution in [0.3, 0.4) is 0 Å². The van der Waals surface area contributed by atoms with E-state index in [0.29, 0.717) is 11.4 Å². The smallest absolute Gasteiger partial charge is 0.179 e. The van der Waals surface area contributed by atoms with E-state index < -0.39 is 5.60 Å². The van der Waals surface area contributed by atoms with Gasteiger partial charge in [-0.1, -0.05) is 12.8 Å². The van der Waals surface area contributed by atoms with E-state index in [-0.39, 0.29) is 5.78 Å². The Balaban J connectivity index is 3.08. The van der Waals surface area contributed by atoms with Gasteiger partial charge >= 0.3 is 0 Å². The minimum absolute atomic E-state index is 0.0475. The van der Waals surface area contributed by atoms with Crippen LogP contribution in [-0.2, 0) is 0 Å². The lowest BCUT2D eigenvalue weighted by Crippen LogP contribution is -2.25. The fourth-order valence-electron chi connectivity index (χ4n) is 1.34. The zero-order chi connectivity index (χ0) is 13.8. The number of thioether (sulfide) groups is 1. The Bertz CT molecular complexity index is 489. The molecule has 4 heteroatoms. The third-order valence-corrected chi connectivity index (χ3v) is 3.09. The minimum Gasteiger partial charge on any atom is -0.474 e. The van der Waals surface area contributed by atoms with Crippen LogP contribution in [0.1, 0.15) is 38.2 Å². The van der Waals surface area contributed by atoms with E-state index in [1.54, 1.807) is 25.6 Å². The Kier molecular flexibility index (Phi) is 4.80. The highest BCUT2D eigenvalue weighted by Gasteiger charge is 2.17. The molecule has 0 radical (unpaired) electrons. The number of Topliss-reactive ketones (excluding diaryl/α,β-unsaturated/α-hetero) is 1. The SMILES string of the molecule is C#CC(C)(C)Oc1cnc(C(C)=O)c(SCC)c1. The van der Waals surface area contributed by atoms with Gasteiger partial charge in [0.05, 0.1) is 6.20 Å². The number of carbonyl (C=O) groups excluding carboxylic acids is 1. The minimum atomic E-state index is -0.687. The first kappa shape index (κ1) is 14.6. The summed E-state index contributed by atoms with van der Waals surface area (Å²) in [5.41, 5.74) is -0.208. The fourth-order valence-corrected chi connectivity index (χ4v) is 2.18. The fraction of sp³-hybridized carbons (Fsp3) is 0.429. The van der Waals surface area contributed by atoms with E-state index in [4.69, 9.17) is 11.2 Å². The number of terminal acetylenes is 1. The Morgan fingerprint density at radius 2 is 2.28 bits per heavy atom. The van der Waals surface area contributed by atoms with Crippen molar-refractivity contribution in [2.45, 2.75) is 38.2 Å². The van der Waals surface area contributed by atoms with Gasteiger partial charge < -0.3 is 4.74 Å². The molecular formula is C14H17NO2S. The quantitative estimate of drug-likeness (QED) is 0.464. The first-order valence-corrected chi connectivity index (χ1v) is 6.68. The molecule has 0 saturated carbocycles. The molecule has 0 saturated heterocycles. The molecule has 0 aliphatic heterocycles. The maximum absolute atomic E-state index is 11.4. The highest BCUT2D eigenvalue weighted by molar-refractivity contribution is 7.99. The van der Waals surface area contributed by atoms with Crippen LogP contribution in [0.25, 0.3) is 0 Å². The van der Waals surface area contributed by atoms with Crippen LogP contribution in [0.4, 0.5) is 0 Å². The van der Waals surface area contributed by atoms with Crippen molar-refractivity contribution in [3.05, 3.63) is 18.0 Å². The Hall–Kier alpha value is -1.47. The molecule has 18 heavy (non-hydrogen) atoms. The molecule has 1 aromatic rings. The molecule has 0 unspecified atom stereocenters. The van der Waals surface area contributed by atoms with Crippen molar-refractivity contribution in [3.63, 3.8) is 0 Å². The molecule has 0 bridgehead atoms. The lowest BCUT2D eigenvalue weighted by Gasteiger charge is -2.20. The van der Waals surface area contributed by atoms with Gasteiger partial charge in [0.1, 0.15) is 11.4 Å². The summed E-state index contributed by atoms with van der Waals surface area (Å²) >= 11 is 1.56. The van der Waals surface area contributed by atoms with Gasteiger partial charge in [0, 0.05) is 11.8 Å². The second kappa shape index (κ2) is 5.92. The first-order chi connectivity index (χ1) is 8.39. The lowest BCUT2D eigenvalue weighted by molar-refractivity contribution is 0.101. The Morgan fingerprint density at radius 3 is 2.78 bits per heavy atom. The summed E-state index contributed by atoms with van der Waals surface area (Å²) < 4.78 is 5.65. The van der Waals surface area contributed by atoms with Gasteiger partial charge in [-0.25, -0.2) is 4.98 Å². The maximum Gasteiger partial charge on any atom is 0.179 e. The molecule has 0 N–H and O–H groups in total. The second-order valence-corrected chi connectivity index (χ2v) is 5.57. The van der Waals surface area contributed by atoms with E-state index in [0.717, 1.165) is 10.6 Å². The number of ether oxygens (including phenoxy) is 1. The van der Waals surface area contributed by atoms with Crippen molar-refractivity contribution >= 4 is 17.5 Å². The summed E-state index contributed by atoms with van der Waals surface area (Å²) in [6.07, 6.45) is 6.91. The van der Waals surface area contributed by atoms with Crippen molar-refractivity contribution in [2.24, 2.45) is 0 Å². The number of hydrogen-bond acceptors (Lipinski definition) is 4. The van der Waals surface area contributed by atoms with Crippen LogP contribution in [-0.4, -0.2) is 22.1 Å². The van der Waals surface area contributed by atoms with E-state index >= 15 is 0 Å². The zero-order valence-corrected chi connectivity index (χ0v) is 11.9. The molecular weight excluding hydrogens is 246 g/mol. The molecule has 3 nitrogen and oxygen atoms in total. The molecule has 0 aliphatic carbocycles. The highest BCUT2D eigenvalue weighted by atomic mass is 32.2. The van der Waals surface area contributed by atoms with E-state index in [1.807, 2.05) is 13.0 Å². The molecule has 1 rings (SSSR count). The Morgan fingerprint density at radius 1 is 1.61 bits per heavy atom. The number of nitrogens with zero attached hydrogens (tertiary/aromatic N) is 1. The molecule has 1 aromatic heterocycles. The highest BCUT2D eigenvalue weighted by Crippen LogP contribution is 2.27. The van der Waals surface area contributed by atoms with Gasteiger partial charge in [-0.3, -0.25) is 4.79 Å². The monoisotopic (exact) mass is 263 g/mol. The van der Waals surface area contributed by atoms with E-state index in [1.165, 1.54) is 13.1 Å². The van der Waals surface area contributed by atoms with Gasteiger partial charge in [-0.2, -0.15) is 0 Å². The third-order valence-electron chi connectivity index (χ3n) is 2.18. The van der Waals surface area contributed by atoms with Crippen LogP contribution in [0.2, 0.25) is 0 Å². The van der Waals surface area contributed by atoms with Crippen LogP contribution in [0.15, 0.2) is 17.2 Å². The molecule has 0 atom stereocenters. The number of ketones is 1. The number of rotatable bonds is 5. The second-order valence-electron chi connectivity index (χ2n) is 4.26. The molecule has 0 amide bonds. The van der Waals surface area contributed by atoms with Gasteiger partial charge in [0.2, 0.25) is 0 Å². The van der Waals surface area contributed by atoms with Crippen LogP contribution >= 0.6 is 11.8 Å². The van der Waals surface area contributed by atoms with Crippen LogP contribution in [0.5, 0.6) is 5.75 Å². The standard InChI is InChI=1S/C14H17NO2S/c1-6-14(4,5)17-11-8-12(18-7-2)13(10(3)16)15-9-11/h1,8-9H,7H2,2-5H3. The van der Waals surface area contributed by atoms with Crippen molar-refractivity contribution < 1.29 is 9.53 Å². The normalized spacial score (nSPS) is 10.8. The topological polar surface area (TPSA) is 39.2 Å². The van der Waals surface area contributed by atoms with Crippen LogP contribution < -0.4 is 4.74 Å². The summed E-state index contributed by atoms with van der Waals surface area (Å²) in [7, 11) is 0. The van der Waals surface area contributed by atoms with Gasteiger partial charge in [0.25, 0.3) is 0 Å². The molecule has 0 fully saturated rings. The predicted octanol–water partition coefficient (Wildman–Crippen LogP) is 3.19. The summed E-state index contributed by atoms with van der Waals surface area (Å²) in [4.78, 5) is 16.4. The largest absolute Gasteiger partial charge is 0.474 e. The molecule has 0 spiro atoms. The van der Waals surface area contributed by atoms with Gasteiger partial charge in [-0.15, -0.1) is 18.2 Å². The maximum atomic E-state index is 11.4. The molecule has 1 heterocycles. The van der Waals surface area contributed by atoms with Crippen molar-refractivity contribution in [1.29, 1.82) is 0 Å². The van der Waals surface area contributed by atoms with Crippen molar-refractivity contribution in [2.75, 3.05) is 5.75 Å². The third kappa shape index (κ3) is 3.78. The van der Waals surface area contributed by atoms with E-state index in [2.05, 4.69) is 10.9 Å². The van der Waals surface area contributed by atoms with Crippen molar-refractivity contribution in [3.8, 4) is 18.1 Å². The summed E-state index contributed by atoms with van der Waals surface area (Å²) in [6, 6.07) is 1.82. The number of pyridine rings is 1. The average Bonchev–Trinajstić information content (AvgIpc) is 2.29. The zero-order valence-electron chi connectivity index (χ0n) is 11.1. The molecule has 0 aromatic carbocycles. The average molecular weight is 263 g/mol. The number of hydrogen-bond donors (Lipinski definition) is 0. The van der Waals surface area contributed by atoms with Gasteiger partial charge in [0.15, 0.2) is 11.4 Å². The van der Waals surface area contributed by atoms with Crippen LogP contribution in [0, 0.1) is 12.3 Å². The molecule has 0 aliphatic rings. The summed E-state index contributed by atoms with van der Waals surface area (Å²) in [5.74, 6) is 3.95. The number of carbonyl (C=O) groups is 1. The van der Waals surface area contributed by atoms with Gasteiger partial charge in [-0.05, 0) is 25.7 Å². The summed E-state index contributed by atoms with van der Waals surface area (Å²) in [6.45, 7) is 7.14. The molecule has 96 valence electrons.